The van der Waals surface area contributed by atoms with E-state index < -0.39 is 0 Å². The number of halogens is 3. The van der Waals surface area contributed by atoms with Gasteiger partial charge in [-0.3, -0.25) is 9.36 Å². The Morgan fingerprint density at radius 2 is 1.76 bits per heavy atom. The lowest BCUT2D eigenvalue weighted by Crippen LogP contribution is -2.38. The largest absolute Gasteiger partial charge is 0.488 e. The first-order valence-electron chi connectivity index (χ1n) is 13.5. The van der Waals surface area contributed by atoms with Crippen molar-refractivity contribution in [2.45, 2.75) is 25.5 Å². The van der Waals surface area contributed by atoms with Crippen molar-refractivity contribution >= 4 is 66.6 Å². The van der Waals surface area contributed by atoms with E-state index in [1.807, 2.05) is 65.2 Å². The van der Waals surface area contributed by atoms with Crippen LogP contribution in [-0.4, -0.2) is 4.57 Å². The van der Waals surface area contributed by atoms with Gasteiger partial charge in [-0.25, -0.2) is 4.99 Å². The monoisotopic (exact) mass is 716 g/mol. The fourth-order valence-electron chi connectivity index (χ4n) is 5.58. The van der Waals surface area contributed by atoms with Crippen molar-refractivity contribution in [1.29, 1.82) is 0 Å². The third-order valence-electron chi connectivity index (χ3n) is 7.62. The van der Waals surface area contributed by atoms with Gasteiger partial charge in [0.1, 0.15) is 12.4 Å². The van der Waals surface area contributed by atoms with Crippen molar-refractivity contribution in [2.75, 3.05) is 0 Å². The summed E-state index contributed by atoms with van der Waals surface area (Å²) in [6.45, 7) is 0.428. The maximum absolute atomic E-state index is 14.0. The van der Waals surface area contributed by atoms with E-state index >= 15 is 0 Å². The van der Waals surface area contributed by atoms with Crippen LogP contribution in [0.1, 0.15) is 40.3 Å². The van der Waals surface area contributed by atoms with Crippen LogP contribution in [-0.2, 0) is 13.0 Å². The maximum Gasteiger partial charge on any atom is 0.271 e. The van der Waals surface area contributed by atoms with Crippen molar-refractivity contribution in [3.63, 3.8) is 0 Å². The Hall–Kier alpha value is -3.23. The number of aromatic nitrogens is 1. The summed E-state index contributed by atoms with van der Waals surface area (Å²) in [6.07, 6.45) is 3.74. The Balaban J connectivity index is 1.28. The van der Waals surface area contributed by atoms with Gasteiger partial charge in [0.05, 0.1) is 20.7 Å². The van der Waals surface area contributed by atoms with Crippen molar-refractivity contribution < 1.29 is 4.74 Å². The highest BCUT2D eigenvalue weighted by molar-refractivity contribution is 9.10. The molecule has 5 aromatic rings. The summed E-state index contributed by atoms with van der Waals surface area (Å²) in [5, 5.41) is 0.697. The molecule has 0 saturated carbocycles. The predicted molar refractivity (Wildman–Crippen MR) is 177 cm³/mol. The third-order valence-corrected chi connectivity index (χ3v) is 10.0. The molecule has 4 aromatic carbocycles. The lowest BCUT2D eigenvalue weighted by Gasteiger charge is -2.30. The Morgan fingerprint density at radius 3 is 2.55 bits per heavy atom. The van der Waals surface area contributed by atoms with Crippen molar-refractivity contribution in [1.82, 2.24) is 4.57 Å². The first kappa shape index (κ1) is 27.6. The summed E-state index contributed by atoms with van der Waals surface area (Å²) in [4.78, 5) is 19.9. The molecule has 0 fully saturated rings. The fraction of sp³-hybridized carbons (Fsp3) is 0.118. The molecule has 0 amide bonds. The van der Waals surface area contributed by atoms with Gasteiger partial charge in [-0.2, -0.15) is 0 Å². The molecule has 0 spiro atoms. The number of benzene rings is 4. The van der Waals surface area contributed by atoms with E-state index in [1.54, 1.807) is 0 Å². The average molecular weight is 719 g/mol. The van der Waals surface area contributed by atoms with Gasteiger partial charge in [-0.05, 0) is 99.1 Å². The highest BCUT2D eigenvalue weighted by Gasteiger charge is 2.32. The molecule has 1 aliphatic carbocycles. The highest BCUT2D eigenvalue weighted by atomic mass is 79.9. The lowest BCUT2D eigenvalue weighted by atomic mass is 9.83. The van der Waals surface area contributed by atoms with E-state index in [1.165, 1.54) is 22.5 Å². The van der Waals surface area contributed by atoms with Crippen LogP contribution < -0.4 is 19.6 Å². The fourth-order valence-corrected chi connectivity index (χ4v) is 7.49. The van der Waals surface area contributed by atoms with Gasteiger partial charge in [-0.1, -0.05) is 93.5 Å². The molecule has 4 nitrogen and oxygen atoms in total. The van der Waals surface area contributed by atoms with Crippen molar-refractivity contribution in [3.8, 4) is 5.75 Å². The Labute approximate surface area is 268 Å². The molecule has 1 aliphatic heterocycles. The number of hydrogen-bond acceptors (Lipinski definition) is 4. The second kappa shape index (κ2) is 11.5. The van der Waals surface area contributed by atoms with Gasteiger partial charge < -0.3 is 4.74 Å². The van der Waals surface area contributed by atoms with E-state index in [4.69, 9.17) is 21.3 Å². The SMILES string of the molecule is O=c1/c(=C/c2ccc(OCc3ccc(Cl)cc3)c(Br)c2)sc2n1[C@H](c1ccc(Br)cc1)C1=C(N=2)c2ccccc2CC1. The number of allylic oxidation sites excluding steroid dienone is 1. The number of nitrogens with zero attached hydrogens (tertiary/aromatic N) is 2. The molecular weight excluding hydrogens is 696 g/mol. The Kier molecular flexibility index (Phi) is 7.53. The summed E-state index contributed by atoms with van der Waals surface area (Å²) in [5.41, 5.74) is 7.65. The number of ether oxygens (including phenoxy) is 1. The Bertz CT molecular complexity index is 2050. The van der Waals surface area contributed by atoms with E-state index in [2.05, 4.69) is 68.3 Å². The van der Waals surface area contributed by atoms with Crippen LogP contribution in [0.5, 0.6) is 5.75 Å². The average Bonchev–Trinajstić information content (AvgIpc) is 3.31. The first-order chi connectivity index (χ1) is 20.4. The van der Waals surface area contributed by atoms with E-state index in [-0.39, 0.29) is 11.6 Å². The first-order valence-corrected chi connectivity index (χ1v) is 16.3. The molecule has 2 aliphatic rings. The molecule has 1 aromatic heterocycles. The molecule has 0 unspecified atom stereocenters. The standard InChI is InChI=1S/C34H23Br2ClN2O2S/c35-24-11-8-23(9-12-24)32-27-15-10-22-3-1-2-4-26(22)31(27)38-34-39(32)33(40)30(42-34)18-21-7-16-29(28(36)17-21)41-19-20-5-13-25(37)14-6-20/h1-9,11-14,16-18,32H,10,15,19H2/b30-18-/t32-/m1/s1. The van der Waals surface area contributed by atoms with E-state index in [0.717, 1.165) is 60.3 Å². The zero-order valence-corrected chi connectivity index (χ0v) is 26.9. The van der Waals surface area contributed by atoms with E-state index in [9.17, 15) is 4.79 Å². The molecule has 2 heterocycles. The van der Waals surface area contributed by atoms with Gasteiger partial charge in [0.15, 0.2) is 4.80 Å². The van der Waals surface area contributed by atoms with Crippen LogP contribution in [0.25, 0.3) is 11.8 Å². The number of thiazole rings is 1. The highest BCUT2D eigenvalue weighted by Crippen LogP contribution is 2.41. The molecule has 42 heavy (non-hydrogen) atoms. The molecule has 7 rings (SSSR count). The zero-order valence-electron chi connectivity index (χ0n) is 22.2. The second-order valence-corrected chi connectivity index (χ2v) is 13.5. The van der Waals surface area contributed by atoms with Crippen LogP contribution in [0.3, 0.4) is 0 Å². The van der Waals surface area contributed by atoms with Crippen LogP contribution in [0.15, 0.2) is 115 Å². The van der Waals surface area contributed by atoms with Crippen LogP contribution in [0.2, 0.25) is 5.02 Å². The third kappa shape index (κ3) is 5.24. The summed E-state index contributed by atoms with van der Waals surface area (Å²) < 4.78 is 10.4. The van der Waals surface area contributed by atoms with Gasteiger partial charge in [0.25, 0.3) is 5.56 Å². The molecule has 8 heteroatoms. The summed E-state index contributed by atoms with van der Waals surface area (Å²) in [5.74, 6) is 0.727. The smallest absolute Gasteiger partial charge is 0.271 e. The molecule has 208 valence electrons. The number of fused-ring (bicyclic) bond motifs is 3. The minimum atomic E-state index is -0.199. The number of rotatable bonds is 5. The molecule has 0 radical (unpaired) electrons. The maximum atomic E-state index is 14.0. The molecule has 0 bridgehead atoms. The summed E-state index contributed by atoms with van der Waals surface area (Å²) in [7, 11) is 0. The summed E-state index contributed by atoms with van der Waals surface area (Å²) in [6, 6.07) is 30.0. The van der Waals surface area contributed by atoms with Gasteiger partial charge >= 0.3 is 0 Å². The molecule has 1 atom stereocenters. The second-order valence-electron chi connectivity index (χ2n) is 10.3. The lowest BCUT2D eigenvalue weighted by molar-refractivity contribution is 0.304. The van der Waals surface area contributed by atoms with Crippen LogP contribution in [0, 0.1) is 0 Å². The summed E-state index contributed by atoms with van der Waals surface area (Å²) >= 11 is 14.6. The van der Waals surface area contributed by atoms with Gasteiger partial charge in [-0.15, -0.1) is 0 Å². The quantitative estimate of drug-likeness (QED) is 0.185. The minimum Gasteiger partial charge on any atom is -0.488 e. The van der Waals surface area contributed by atoms with Crippen molar-refractivity contribution in [2.24, 2.45) is 4.99 Å². The molecule has 0 saturated heterocycles. The van der Waals surface area contributed by atoms with Crippen LogP contribution >= 0.6 is 54.8 Å². The Morgan fingerprint density at radius 1 is 0.976 bits per heavy atom. The number of hydrogen-bond donors (Lipinski definition) is 0. The van der Waals surface area contributed by atoms with E-state index in [0.29, 0.717) is 16.2 Å². The molecule has 0 N–H and O–H groups in total. The van der Waals surface area contributed by atoms with Crippen molar-refractivity contribution in [3.05, 3.63) is 158 Å². The normalized spacial score (nSPS) is 16.0. The minimum absolute atomic E-state index is 0.0312. The predicted octanol–water partition coefficient (Wildman–Crippen LogP) is 8.08. The topological polar surface area (TPSA) is 43.6 Å². The zero-order chi connectivity index (χ0) is 28.8. The van der Waals surface area contributed by atoms with Gasteiger partial charge in [0.2, 0.25) is 0 Å². The van der Waals surface area contributed by atoms with Gasteiger partial charge in [0, 0.05) is 15.1 Å². The number of aryl methyl sites for hydroxylation is 1. The molecular formula is C34H23Br2ClN2O2S. The van der Waals surface area contributed by atoms with Crippen LogP contribution in [0.4, 0.5) is 0 Å².